The first-order valence-corrected chi connectivity index (χ1v) is 7.70. The number of aromatic carboxylic acids is 1. The van der Waals surface area contributed by atoms with Crippen LogP contribution in [0.2, 0.25) is 0 Å². The van der Waals surface area contributed by atoms with Crippen LogP contribution in [0.25, 0.3) is 10.9 Å². The predicted molar refractivity (Wildman–Crippen MR) is 94.1 cm³/mol. The maximum atomic E-state index is 11.8. The number of ether oxygens (including phenoxy) is 3. The van der Waals surface area contributed by atoms with Crippen LogP contribution in [-0.4, -0.2) is 37.0 Å². The molecule has 1 N–H and O–H groups in total. The van der Waals surface area contributed by atoms with E-state index >= 15 is 0 Å². The van der Waals surface area contributed by atoms with E-state index in [4.69, 9.17) is 14.2 Å². The van der Waals surface area contributed by atoms with Crippen molar-refractivity contribution in [1.29, 1.82) is 0 Å². The van der Waals surface area contributed by atoms with Gasteiger partial charge in [-0.15, -0.1) is 0 Å². The van der Waals surface area contributed by atoms with Crippen molar-refractivity contribution in [2.24, 2.45) is 0 Å². The van der Waals surface area contributed by atoms with E-state index in [1.54, 1.807) is 16.7 Å². The van der Waals surface area contributed by atoms with Gasteiger partial charge in [-0.3, -0.25) is 0 Å². The van der Waals surface area contributed by atoms with Gasteiger partial charge in [-0.05, 0) is 11.6 Å². The Kier molecular flexibility index (Phi) is 4.52. The number of methoxy groups -OCH3 is 3. The molecule has 1 aromatic heterocycles. The van der Waals surface area contributed by atoms with Crippen LogP contribution in [0.1, 0.15) is 16.1 Å². The molecule has 0 fully saturated rings. The molecule has 0 unspecified atom stereocenters. The average Bonchev–Trinajstić information content (AvgIpc) is 2.99. The van der Waals surface area contributed by atoms with Gasteiger partial charge in [0.2, 0.25) is 5.75 Å². The smallest absolute Gasteiger partial charge is 0.352 e. The van der Waals surface area contributed by atoms with Gasteiger partial charge in [-0.2, -0.15) is 0 Å². The lowest BCUT2D eigenvalue weighted by Gasteiger charge is -2.14. The van der Waals surface area contributed by atoms with Crippen molar-refractivity contribution in [2.75, 3.05) is 21.3 Å². The molecule has 0 aliphatic rings. The molecule has 130 valence electrons. The largest absolute Gasteiger partial charge is 0.493 e. The van der Waals surface area contributed by atoms with Crippen LogP contribution in [-0.2, 0) is 6.54 Å². The second kappa shape index (κ2) is 6.76. The van der Waals surface area contributed by atoms with Crippen LogP contribution in [0.4, 0.5) is 0 Å². The number of carboxylic acid groups (broad SMARTS) is 1. The maximum Gasteiger partial charge on any atom is 0.352 e. The first kappa shape index (κ1) is 16.7. The Morgan fingerprint density at radius 1 is 1.00 bits per heavy atom. The number of aromatic nitrogens is 1. The standard InChI is InChI=1S/C19H19NO5/c1-23-16-10-14-13(17(24-2)18(16)25-3)9-15(19(21)22)20(14)11-12-7-5-4-6-8-12/h4-10H,11H2,1-3H3,(H,21,22). The quantitative estimate of drug-likeness (QED) is 0.744. The van der Waals surface area contributed by atoms with E-state index in [2.05, 4.69) is 0 Å². The molecule has 3 aromatic rings. The molecule has 0 amide bonds. The minimum Gasteiger partial charge on any atom is -0.493 e. The summed E-state index contributed by atoms with van der Waals surface area (Å²) >= 11 is 0. The molecule has 0 aliphatic carbocycles. The highest BCUT2D eigenvalue weighted by Crippen LogP contribution is 2.44. The third-order valence-electron chi connectivity index (χ3n) is 4.11. The minimum atomic E-state index is -1.01. The number of hydrogen-bond acceptors (Lipinski definition) is 4. The number of benzene rings is 2. The van der Waals surface area contributed by atoms with Crippen molar-refractivity contribution in [3.05, 3.63) is 53.7 Å². The van der Waals surface area contributed by atoms with Crippen molar-refractivity contribution in [3.63, 3.8) is 0 Å². The molecule has 0 atom stereocenters. The van der Waals surface area contributed by atoms with Gasteiger partial charge in [0.15, 0.2) is 11.5 Å². The van der Waals surface area contributed by atoms with Gasteiger partial charge in [0.25, 0.3) is 0 Å². The van der Waals surface area contributed by atoms with Gasteiger partial charge in [-0.25, -0.2) is 4.79 Å². The van der Waals surface area contributed by atoms with Crippen LogP contribution in [0.15, 0.2) is 42.5 Å². The summed E-state index contributed by atoms with van der Waals surface area (Å²) < 4.78 is 18.0. The number of fused-ring (bicyclic) bond motifs is 1. The monoisotopic (exact) mass is 341 g/mol. The Labute approximate surface area is 145 Å². The van der Waals surface area contributed by atoms with Crippen molar-refractivity contribution in [3.8, 4) is 17.2 Å². The second-order valence-electron chi connectivity index (χ2n) is 5.48. The minimum absolute atomic E-state index is 0.174. The zero-order valence-corrected chi connectivity index (χ0v) is 14.3. The van der Waals surface area contributed by atoms with Crippen LogP contribution >= 0.6 is 0 Å². The molecule has 25 heavy (non-hydrogen) atoms. The van der Waals surface area contributed by atoms with Gasteiger partial charge in [0, 0.05) is 18.0 Å². The fourth-order valence-corrected chi connectivity index (χ4v) is 2.99. The van der Waals surface area contributed by atoms with Gasteiger partial charge < -0.3 is 23.9 Å². The maximum absolute atomic E-state index is 11.8. The molecule has 6 nitrogen and oxygen atoms in total. The fourth-order valence-electron chi connectivity index (χ4n) is 2.99. The summed E-state index contributed by atoms with van der Waals surface area (Å²) in [6, 6.07) is 13.0. The van der Waals surface area contributed by atoms with E-state index in [0.717, 1.165) is 5.56 Å². The van der Waals surface area contributed by atoms with E-state index in [0.29, 0.717) is 34.7 Å². The number of carbonyl (C=O) groups is 1. The van der Waals surface area contributed by atoms with Crippen molar-refractivity contribution in [2.45, 2.75) is 6.54 Å². The molecule has 0 saturated carbocycles. The summed E-state index contributed by atoms with van der Waals surface area (Å²) in [6.45, 7) is 0.421. The summed E-state index contributed by atoms with van der Waals surface area (Å²) in [4.78, 5) is 11.8. The molecule has 1 heterocycles. The summed E-state index contributed by atoms with van der Waals surface area (Å²) in [5.74, 6) is 0.362. The molecular formula is C19H19NO5. The Hall–Kier alpha value is -3.15. The predicted octanol–water partition coefficient (Wildman–Crippen LogP) is 3.41. The van der Waals surface area contributed by atoms with Gasteiger partial charge in [0.05, 0.1) is 26.8 Å². The summed E-state index contributed by atoms with van der Waals surface area (Å²) in [5.41, 5.74) is 1.87. The molecule has 0 aliphatic heterocycles. The number of nitrogens with zero attached hydrogens (tertiary/aromatic N) is 1. The molecule has 6 heteroatoms. The summed E-state index contributed by atoms with van der Waals surface area (Å²) in [5, 5.41) is 10.3. The van der Waals surface area contributed by atoms with Crippen molar-refractivity contribution in [1.82, 2.24) is 4.57 Å². The molecule has 0 bridgehead atoms. The number of carboxylic acids is 1. The van der Waals surface area contributed by atoms with E-state index in [-0.39, 0.29) is 5.69 Å². The van der Waals surface area contributed by atoms with Crippen LogP contribution in [0, 0.1) is 0 Å². The van der Waals surface area contributed by atoms with Crippen molar-refractivity contribution < 1.29 is 24.1 Å². The highest BCUT2D eigenvalue weighted by atomic mass is 16.5. The summed E-state index contributed by atoms with van der Waals surface area (Å²) in [7, 11) is 4.57. The molecule has 3 rings (SSSR count). The van der Waals surface area contributed by atoms with Crippen molar-refractivity contribution >= 4 is 16.9 Å². The first-order valence-electron chi connectivity index (χ1n) is 7.70. The van der Waals surface area contributed by atoms with E-state index < -0.39 is 5.97 Å². The Balaban J connectivity index is 2.30. The zero-order valence-electron chi connectivity index (χ0n) is 14.3. The summed E-state index contributed by atoms with van der Waals surface area (Å²) in [6.07, 6.45) is 0. The Morgan fingerprint density at radius 2 is 1.68 bits per heavy atom. The lowest BCUT2D eigenvalue weighted by atomic mass is 10.2. The van der Waals surface area contributed by atoms with E-state index in [1.807, 2.05) is 30.3 Å². The first-order chi connectivity index (χ1) is 12.1. The Morgan fingerprint density at radius 3 is 2.24 bits per heavy atom. The lowest BCUT2D eigenvalue weighted by molar-refractivity contribution is 0.0686. The SMILES string of the molecule is COc1cc2c(cc(C(=O)O)n2Cc2ccccc2)c(OC)c1OC. The second-order valence-corrected chi connectivity index (χ2v) is 5.48. The Bertz CT molecular complexity index is 915. The highest BCUT2D eigenvalue weighted by Gasteiger charge is 2.23. The van der Waals surface area contributed by atoms with Gasteiger partial charge in [0.1, 0.15) is 5.69 Å². The van der Waals surface area contributed by atoms with Crippen LogP contribution in [0.3, 0.4) is 0 Å². The third-order valence-corrected chi connectivity index (χ3v) is 4.11. The average molecular weight is 341 g/mol. The van der Waals surface area contributed by atoms with Crippen LogP contribution < -0.4 is 14.2 Å². The molecular weight excluding hydrogens is 322 g/mol. The molecule has 2 aromatic carbocycles. The van der Waals surface area contributed by atoms with Gasteiger partial charge >= 0.3 is 5.97 Å². The number of hydrogen-bond donors (Lipinski definition) is 1. The van der Waals surface area contributed by atoms with Gasteiger partial charge in [-0.1, -0.05) is 30.3 Å². The molecule has 0 saturated heterocycles. The zero-order chi connectivity index (χ0) is 18.0. The normalized spacial score (nSPS) is 10.7. The highest BCUT2D eigenvalue weighted by molar-refractivity contribution is 5.99. The molecule has 0 spiro atoms. The lowest BCUT2D eigenvalue weighted by Crippen LogP contribution is -2.09. The third kappa shape index (κ3) is 2.87. The number of rotatable bonds is 6. The van der Waals surface area contributed by atoms with Crippen LogP contribution in [0.5, 0.6) is 17.2 Å². The fraction of sp³-hybridized carbons (Fsp3) is 0.211. The molecule has 0 radical (unpaired) electrons. The van der Waals surface area contributed by atoms with E-state index in [9.17, 15) is 9.90 Å². The van der Waals surface area contributed by atoms with E-state index in [1.165, 1.54) is 21.3 Å². The topological polar surface area (TPSA) is 69.9 Å².